The van der Waals surface area contributed by atoms with Gasteiger partial charge < -0.3 is 0 Å². The van der Waals surface area contributed by atoms with Crippen LogP contribution < -0.4 is 0 Å². The molecular formula is C16H21ClN4. The van der Waals surface area contributed by atoms with Gasteiger partial charge in [0.05, 0.1) is 6.54 Å². The van der Waals surface area contributed by atoms with Gasteiger partial charge >= 0.3 is 0 Å². The van der Waals surface area contributed by atoms with E-state index < -0.39 is 0 Å². The van der Waals surface area contributed by atoms with Crippen molar-refractivity contribution in [3.63, 3.8) is 0 Å². The lowest BCUT2D eigenvalue weighted by Gasteiger charge is -2.30. The molecule has 1 aromatic carbocycles. The second-order valence-corrected chi connectivity index (χ2v) is 5.68. The Balaban J connectivity index is 2.40. The van der Waals surface area contributed by atoms with Crippen molar-refractivity contribution >= 4 is 17.8 Å². The van der Waals surface area contributed by atoms with Gasteiger partial charge in [-0.15, -0.1) is 0 Å². The maximum Gasteiger partial charge on any atom is 0.137 e. The van der Waals surface area contributed by atoms with Crippen LogP contribution in [-0.4, -0.2) is 28.0 Å². The number of hydrogen-bond acceptors (Lipinski definition) is 3. The first-order valence-electron chi connectivity index (χ1n) is 7.22. The molecule has 2 rings (SSSR count). The van der Waals surface area contributed by atoms with Crippen LogP contribution in [0.25, 0.3) is 0 Å². The first-order chi connectivity index (χ1) is 10.2. The van der Waals surface area contributed by atoms with Gasteiger partial charge in [-0.05, 0) is 24.1 Å². The van der Waals surface area contributed by atoms with Crippen LogP contribution in [0.5, 0.6) is 0 Å². The molecule has 0 bridgehead atoms. The van der Waals surface area contributed by atoms with Gasteiger partial charge in [0.2, 0.25) is 0 Å². The molecule has 0 fully saturated rings. The Bertz CT molecular complexity index is 562. The van der Waals surface area contributed by atoms with E-state index in [1.807, 2.05) is 30.1 Å². The predicted octanol–water partition coefficient (Wildman–Crippen LogP) is 3.76. The Morgan fingerprint density at radius 3 is 2.67 bits per heavy atom. The summed E-state index contributed by atoms with van der Waals surface area (Å²) in [7, 11) is 1.82. The SMILES string of the molecule is CCCCC(C=NC)(Cn1cncn1)c1ccc(Cl)cc1. The quantitative estimate of drug-likeness (QED) is 0.731. The normalized spacial score (nSPS) is 14.4. The van der Waals surface area contributed by atoms with Crippen molar-refractivity contribution in [2.24, 2.45) is 4.99 Å². The molecule has 4 nitrogen and oxygen atoms in total. The van der Waals surface area contributed by atoms with Gasteiger partial charge in [-0.3, -0.25) is 9.67 Å². The number of aliphatic imine (C=N–C) groups is 1. The average Bonchev–Trinajstić information content (AvgIpc) is 2.98. The van der Waals surface area contributed by atoms with E-state index in [2.05, 4.69) is 34.1 Å². The molecule has 5 heteroatoms. The van der Waals surface area contributed by atoms with Crippen LogP contribution in [0.15, 0.2) is 41.9 Å². The molecule has 1 atom stereocenters. The van der Waals surface area contributed by atoms with Crippen LogP contribution in [0.1, 0.15) is 31.7 Å². The predicted molar refractivity (Wildman–Crippen MR) is 87.1 cm³/mol. The standard InChI is InChI=1S/C16H21ClN4/c1-3-4-9-16(10-18-2,11-21-13-19-12-20-21)14-5-7-15(17)8-6-14/h5-8,10,12-13H,3-4,9,11H2,1-2H3. The van der Waals surface area contributed by atoms with Gasteiger partial charge in [0, 0.05) is 23.7 Å². The first-order valence-corrected chi connectivity index (χ1v) is 7.60. The molecule has 0 saturated carbocycles. The molecule has 0 aliphatic carbocycles. The van der Waals surface area contributed by atoms with Crippen molar-refractivity contribution in [1.82, 2.24) is 14.8 Å². The summed E-state index contributed by atoms with van der Waals surface area (Å²) in [5.74, 6) is 0. The highest BCUT2D eigenvalue weighted by Gasteiger charge is 2.30. The van der Waals surface area contributed by atoms with Crippen LogP contribution in [0.4, 0.5) is 0 Å². The lowest BCUT2D eigenvalue weighted by Crippen LogP contribution is -2.34. The minimum absolute atomic E-state index is 0.178. The van der Waals surface area contributed by atoms with Gasteiger partial charge in [0.1, 0.15) is 12.7 Å². The molecule has 0 saturated heterocycles. The zero-order chi connectivity index (χ0) is 15.1. The number of nitrogens with zero attached hydrogens (tertiary/aromatic N) is 4. The largest absolute Gasteiger partial charge is 0.300 e. The molecule has 21 heavy (non-hydrogen) atoms. The monoisotopic (exact) mass is 304 g/mol. The summed E-state index contributed by atoms with van der Waals surface area (Å²) in [6.07, 6.45) is 8.64. The molecule has 1 heterocycles. The molecule has 0 aliphatic rings. The zero-order valence-electron chi connectivity index (χ0n) is 12.5. The van der Waals surface area contributed by atoms with Gasteiger partial charge in [-0.2, -0.15) is 5.10 Å². The van der Waals surface area contributed by atoms with E-state index >= 15 is 0 Å². The van der Waals surface area contributed by atoms with Gasteiger partial charge in [-0.1, -0.05) is 43.5 Å². The minimum atomic E-state index is -0.178. The Morgan fingerprint density at radius 1 is 1.33 bits per heavy atom. The van der Waals surface area contributed by atoms with Gasteiger partial charge in [-0.25, -0.2) is 4.98 Å². The third-order valence-electron chi connectivity index (χ3n) is 3.68. The summed E-state index contributed by atoms with van der Waals surface area (Å²) in [6.45, 7) is 2.93. The van der Waals surface area contributed by atoms with Crippen LogP contribution >= 0.6 is 11.6 Å². The van der Waals surface area contributed by atoms with E-state index in [0.29, 0.717) is 0 Å². The van der Waals surface area contributed by atoms with E-state index in [1.54, 1.807) is 12.7 Å². The lowest BCUT2D eigenvalue weighted by molar-refractivity contribution is 0.412. The molecule has 1 unspecified atom stereocenters. The van der Waals surface area contributed by atoms with Crippen molar-refractivity contribution < 1.29 is 0 Å². The van der Waals surface area contributed by atoms with Crippen LogP contribution in [-0.2, 0) is 12.0 Å². The molecule has 1 aromatic heterocycles. The Kier molecular flexibility index (Phi) is 5.51. The molecule has 0 radical (unpaired) electrons. The number of halogens is 1. The third-order valence-corrected chi connectivity index (χ3v) is 3.93. The molecule has 0 amide bonds. The van der Waals surface area contributed by atoms with Crippen LogP contribution in [0.3, 0.4) is 0 Å². The van der Waals surface area contributed by atoms with Crippen molar-refractivity contribution in [2.75, 3.05) is 7.05 Å². The highest BCUT2D eigenvalue weighted by atomic mass is 35.5. The molecule has 0 N–H and O–H groups in total. The molecule has 2 aromatic rings. The highest BCUT2D eigenvalue weighted by Crippen LogP contribution is 2.31. The minimum Gasteiger partial charge on any atom is -0.300 e. The number of hydrogen-bond donors (Lipinski definition) is 0. The van der Waals surface area contributed by atoms with Gasteiger partial charge in [0.15, 0.2) is 0 Å². The van der Waals surface area contributed by atoms with Crippen molar-refractivity contribution in [3.05, 3.63) is 47.5 Å². The summed E-state index contributed by atoms with van der Waals surface area (Å²) < 4.78 is 1.87. The molecular weight excluding hydrogens is 284 g/mol. The molecule has 0 spiro atoms. The van der Waals surface area contributed by atoms with Gasteiger partial charge in [0.25, 0.3) is 0 Å². The maximum absolute atomic E-state index is 6.02. The topological polar surface area (TPSA) is 43.1 Å². The Labute approximate surface area is 130 Å². The summed E-state index contributed by atoms with van der Waals surface area (Å²) in [6, 6.07) is 8.03. The number of rotatable bonds is 7. The van der Waals surface area contributed by atoms with E-state index in [-0.39, 0.29) is 5.41 Å². The Hall–Kier alpha value is -1.68. The number of unbranched alkanes of at least 4 members (excludes halogenated alkanes) is 1. The Morgan fingerprint density at radius 2 is 2.10 bits per heavy atom. The second kappa shape index (κ2) is 7.36. The maximum atomic E-state index is 6.02. The van der Waals surface area contributed by atoms with Crippen LogP contribution in [0, 0.1) is 0 Å². The summed E-state index contributed by atoms with van der Waals surface area (Å²) in [4.78, 5) is 8.36. The summed E-state index contributed by atoms with van der Waals surface area (Å²) in [5, 5.41) is 5.00. The van der Waals surface area contributed by atoms with Crippen molar-refractivity contribution in [1.29, 1.82) is 0 Å². The summed E-state index contributed by atoms with van der Waals surface area (Å²) in [5.41, 5.74) is 1.03. The summed E-state index contributed by atoms with van der Waals surface area (Å²) >= 11 is 6.02. The molecule has 0 aliphatic heterocycles. The van der Waals surface area contributed by atoms with Crippen molar-refractivity contribution in [2.45, 2.75) is 38.1 Å². The van der Waals surface area contributed by atoms with E-state index in [1.165, 1.54) is 5.56 Å². The fraction of sp³-hybridized carbons (Fsp3) is 0.438. The zero-order valence-corrected chi connectivity index (χ0v) is 13.3. The fourth-order valence-electron chi connectivity index (χ4n) is 2.62. The smallest absolute Gasteiger partial charge is 0.137 e. The fourth-order valence-corrected chi connectivity index (χ4v) is 2.75. The van der Waals surface area contributed by atoms with Crippen LogP contribution in [0.2, 0.25) is 5.02 Å². The highest BCUT2D eigenvalue weighted by molar-refractivity contribution is 6.30. The number of aromatic nitrogens is 3. The lowest BCUT2D eigenvalue weighted by atomic mass is 9.77. The van der Waals surface area contributed by atoms with E-state index in [9.17, 15) is 0 Å². The average molecular weight is 305 g/mol. The number of benzene rings is 1. The van der Waals surface area contributed by atoms with E-state index in [4.69, 9.17) is 11.6 Å². The molecule has 112 valence electrons. The van der Waals surface area contributed by atoms with Crippen molar-refractivity contribution in [3.8, 4) is 0 Å². The first kappa shape index (κ1) is 15.7. The third kappa shape index (κ3) is 3.91. The second-order valence-electron chi connectivity index (χ2n) is 5.25. The van der Waals surface area contributed by atoms with E-state index in [0.717, 1.165) is 30.8 Å².